The molecule has 1 saturated heterocycles. The molecule has 48 heavy (non-hydrogen) atoms. The zero-order valence-electron chi connectivity index (χ0n) is 26.6. The first-order valence-corrected chi connectivity index (χ1v) is 17.4. The molecule has 6 aromatic rings. The van der Waals surface area contributed by atoms with Crippen molar-refractivity contribution in [2.75, 3.05) is 23.7 Å². The molecule has 1 atom stereocenters. The molecule has 0 spiro atoms. The Morgan fingerprint density at radius 1 is 1.02 bits per heavy atom. The largest absolute Gasteiger partial charge is 0.373 e. The minimum Gasteiger partial charge on any atom is -0.373 e. The van der Waals surface area contributed by atoms with Crippen molar-refractivity contribution in [1.29, 1.82) is 5.26 Å². The van der Waals surface area contributed by atoms with Gasteiger partial charge in [0.15, 0.2) is 0 Å². The van der Waals surface area contributed by atoms with Crippen LogP contribution in [0.1, 0.15) is 62.5 Å². The molecule has 12 heteroatoms. The molecule has 0 radical (unpaired) electrons. The lowest BCUT2D eigenvalue weighted by Crippen LogP contribution is -2.46. The molecule has 0 bridgehead atoms. The van der Waals surface area contributed by atoms with Gasteiger partial charge >= 0.3 is 0 Å². The zero-order chi connectivity index (χ0) is 33.6. The average molecular weight is 700 g/mol. The van der Waals surface area contributed by atoms with E-state index in [1.807, 2.05) is 28.9 Å². The highest BCUT2D eigenvalue weighted by atomic mass is 35.5. The van der Waals surface area contributed by atoms with Crippen molar-refractivity contribution in [1.82, 2.24) is 24.9 Å². The molecule has 0 amide bonds. The molecule has 244 valence electrons. The number of aromatic nitrogens is 4. The molecule has 0 unspecified atom stereocenters. The number of rotatable bonds is 7. The van der Waals surface area contributed by atoms with E-state index in [0.29, 0.717) is 38.6 Å². The van der Waals surface area contributed by atoms with Crippen molar-refractivity contribution >= 4 is 72.6 Å². The van der Waals surface area contributed by atoms with Gasteiger partial charge in [0, 0.05) is 46.3 Å². The van der Waals surface area contributed by atoms with Crippen molar-refractivity contribution in [3.05, 3.63) is 105 Å². The normalized spacial score (nSPS) is 15.1. The highest BCUT2D eigenvalue weighted by Gasteiger charge is 2.29. The molecular formula is C36H33Cl2FN8S. The second-order valence-corrected chi connectivity index (χ2v) is 14.8. The Morgan fingerprint density at radius 3 is 2.54 bits per heavy atom. The quantitative estimate of drug-likeness (QED) is 0.171. The number of nitrogens with zero attached hydrogens (tertiary/aromatic N) is 6. The second-order valence-electron chi connectivity index (χ2n) is 13.0. The van der Waals surface area contributed by atoms with Crippen LogP contribution in [-0.4, -0.2) is 43.5 Å². The standard InChI is InChI=1S/C36H33Cl2FN8S/c1-36(2,3)46-12-10-24(11-13-46)47-19-31(44-45-47)35(27-20-48-32-7-5-4-6-25(27)32)43-23-14-26-33(42-22-8-9-30(39)28(37)15-22)21(17-40)18-41-34(26)29(38)16-23/h4-9,14-16,18-20,24,35,43H,10-13H2,1-3H3,(H,41,42)/t35-/m0/s1. The summed E-state index contributed by atoms with van der Waals surface area (Å²) in [6.45, 7) is 8.80. The number of pyridine rings is 1. The van der Waals surface area contributed by atoms with E-state index in [9.17, 15) is 9.65 Å². The summed E-state index contributed by atoms with van der Waals surface area (Å²) in [5, 5.41) is 30.6. The Labute approximate surface area is 292 Å². The number of benzene rings is 3. The van der Waals surface area contributed by atoms with Gasteiger partial charge in [-0.1, -0.05) is 46.6 Å². The third-order valence-electron chi connectivity index (χ3n) is 8.98. The Hall–Kier alpha value is -4.27. The first kappa shape index (κ1) is 32.3. The van der Waals surface area contributed by atoms with Crippen LogP contribution in [0.3, 0.4) is 0 Å². The van der Waals surface area contributed by atoms with E-state index >= 15 is 0 Å². The number of hydrogen-bond acceptors (Lipinski definition) is 8. The molecule has 7 rings (SSSR count). The Morgan fingerprint density at radius 2 is 1.79 bits per heavy atom. The summed E-state index contributed by atoms with van der Waals surface area (Å²) >= 11 is 14.6. The SMILES string of the molecule is CC(C)(C)N1CCC(n2cc([C@@H](Nc3cc(Cl)c4ncc(C#N)c(Nc5ccc(F)c(Cl)c5)c4c3)c3csc4ccccc34)nn2)CC1. The van der Waals surface area contributed by atoms with Crippen LogP contribution in [-0.2, 0) is 0 Å². The highest BCUT2D eigenvalue weighted by molar-refractivity contribution is 7.17. The van der Waals surface area contributed by atoms with E-state index in [2.05, 4.69) is 76.3 Å². The van der Waals surface area contributed by atoms with Crippen molar-refractivity contribution in [2.24, 2.45) is 0 Å². The first-order valence-electron chi connectivity index (χ1n) is 15.7. The summed E-state index contributed by atoms with van der Waals surface area (Å²) < 4.78 is 17.1. The molecular weight excluding hydrogens is 666 g/mol. The smallest absolute Gasteiger partial charge is 0.141 e. The third-order valence-corrected chi connectivity index (χ3v) is 10.5. The van der Waals surface area contributed by atoms with Gasteiger partial charge in [-0.3, -0.25) is 9.88 Å². The molecule has 1 fully saturated rings. The summed E-state index contributed by atoms with van der Waals surface area (Å²) in [6.07, 6.45) is 5.54. The van der Waals surface area contributed by atoms with Crippen LogP contribution in [0.4, 0.5) is 21.5 Å². The number of anilines is 3. The topological polar surface area (TPSA) is 94.7 Å². The van der Waals surface area contributed by atoms with Crippen LogP contribution in [0.5, 0.6) is 0 Å². The number of nitriles is 1. The number of likely N-dealkylation sites (tertiary alicyclic amines) is 1. The van der Waals surface area contributed by atoms with Crippen molar-refractivity contribution in [3.8, 4) is 6.07 Å². The predicted molar refractivity (Wildman–Crippen MR) is 193 cm³/mol. The van der Waals surface area contributed by atoms with Crippen LogP contribution in [0.2, 0.25) is 10.0 Å². The molecule has 4 heterocycles. The molecule has 8 nitrogen and oxygen atoms in total. The maximum Gasteiger partial charge on any atom is 0.141 e. The monoisotopic (exact) mass is 698 g/mol. The molecule has 2 N–H and O–H groups in total. The van der Waals surface area contributed by atoms with Crippen molar-refractivity contribution < 1.29 is 4.39 Å². The number of halogens is 3. The van der Waals surface area contributed by atoms with E-state index in [4.69, 9.17) is 28.3 Å². The van der Waals surface area contributed by atoms with Gasteiger partial charge in [-0.2, -0.15) is 5.26 Å². The summed E-state index contributed by atoms with van der Waals surface area (Å²) in [6, 6.07) is 18.5. The summed E-state index contributed by atoms with van der Waals surface area (Å²) in [5.41, 5.74) is 4.53. The van der Waals surface area contributed by atoms with Gasteiger partial charge in [-0.25, -0.2) is 9.07 Å². The number of piperidine rings is 1. The second kappa shape index (κ2) is 13.0. The first-order chi connectivity index (χ1) is 23.1. The van der Waals surface area contributed by atoms with Gasteiger partial charge in [0.25, 0.3) is 0 Å². The molecule has 0 aliphatic carbocycles. The fourth-order valence-corrected chi connectivity index (χ4v) is 7.82. The molecule has 1 aliphatic rings. The van der Waals surface area contributed by atoms with E-state index < -0.39 is 5.82 Å². The minimum absolute atomic E-state index is 0.0316. The van der Waals surface area contributed by atoms with Gasteiger partial charge in [-0.15, -0.1) is 16.4 Å². The van der Waals surface area contributed by atoms with Gasteiger partial charge in [-0.05, 0) is 86.3 Å². The fraction of sp³-hybridized carbons (Fsp3) is 0.278. The number of nitrogens with one attached hydrogen (secondary N) is 2. The Bertz CT molecular complexity index is 2180. The van der Waals surface area contributed by atoms with E-state index in [0.717, 1.165) is 42.6 Å². The zero-order valence-corrected chi connectivity index (χ0v) is 29.0. The number of hydrogen-bond donors (Lipinski definition) is 2. The van der Waals surface area contributed by atoms with E-state index in [1.165, 1.54) is 23.0 Å². The maximum atomic E-state index is 13.9. The van der Waals surface area contributed by atoms with E-state index in [-0.39, 0.29) is 22.6 Å². The Balaban J connectivity index is 1.28. The third kappa shape index (κ3) is 6.31. The molecule has 3 aromatic heterocycles. The summed E-state index contributed by atoms with van der Waals surface area (Å²) in [4.78, 5) is 7.02. The summed E-state index contributed by atoms with van der Waals surface area (Å²) in [5.74, 6) is -0.531. The Kier molecular flexibility index (Phi) is 8.73. The van der Waals surface area contributed by atoms with Gasteiger partial charge in [0.05, 0.1) is 45.1 Å². The molecule has 3 aromatic carbocycles. The molecule has 0 saturated carbocycles. The van der Waals surface area contributed by atoms with Crippen LogP contribution in [0.25, 0.3) is 21.0 Å². The van der Waals surface area contributed by atoms with Crippen LogP contribution >= 0.6 is 34.5 Å². The predicted octanol–water partition coefficient (Wildman–Crippen LogP) is 9.74. The maximum absolute atomic E-state index is 13.9. The summed E-state index contributed by atoms with van der Waals surface area (Å²) in [7, 11) is 0. The number of thiophene rings is 1. The average Bonchev–Trinajstić information content (AvgIpc) is 3.74. The van der Waals surface area contributed by atoms with Crippen LogP contribution in [0.15, 0.2) is 72.4 Å². The lowest BCUT2D eigenvalue weighted by molar-refractivity contribution is 0.0866. The lowest BCUT2D eigenvalue weighted by Gasteiger charge is -2.40. The van der Waals surface area contributed by atoms with Crippen molar-refractivity contribution in [3.63, 3.8) is 0 Å². The van der Waals surface area contributed by atoms with Gasteiger partial charge < -0.3 is 10.6 Å². The van der Waals surface area contributed by atoms with Crippen molar-refractivity contribution in [2.45, 2.75) is 51.2 Å². The number of fused-ring (bicyclic) bond motifs is 2. The fourth-order valence-electron chi connectivity index (χ4n) is 6.38. The van der Waals surface area contributed by atoms with Gasteiger partial charge in [0.1, 0.15) is 17.6 Å². The highest BCUT2D eigenvalue weighted by Crippen LogP contribution is 2.39. The minimum atomic E-state index is -0.531. The molecule has 1 aliphatic heterocycles. The van der Waals surface area contributed by atoms with Crippen LogP contribution in [0, 0.1) is 17.1 Å². The lowest BCUT2D eigenvalue weighted by atomic mass is 9.98. The van der Waals surface area contributed by atoms with Crippen LogP contribution < -0.4 is 10.6 Å². The van der Waals surface area contributed by atoms with Gasteiger partial charge in [0.2, 0.25) is 0 Å². The van der Waals surface area contributed by atoms with E-state index in [1.54, 1.807) is 17.4 Å².